The molecule has 110 valence electrons. The van der Waals surface area contributed by atoms with Crippen molar-refractivity contribution >= 4 is 23.4 Å². The number of benzene rings is 2. The quantitative estimate of drug-likeness (QED) is 0.860. The lowest BCUT2D eigenvalue weighted by Crippen LogP contribution is -2.14. The summed E-state index contributed by atoms with van der Waals surface area (Å²) >= 11 is 1.60. The van der Waals surface area contributed by atoms with Crippen molar-refractivity contribution in [1.29, 1.82) is 0 Å². The minimum absolute atomic E-state index is 0.00981. The third kappa shape index (κ3) is 5.25. The van der Waals surface area contributed by atoms with Gasteiger partial charge in [-0.05, 0) is 30.2 Å². The fourth-order valence-corrected chi connectivity index (χ4v) is 2.73. The molecular formula is C17H19NO2S. The highest BCUT2D eigenvalue weighted by Crippen LogP contribution is 2.15. The second kappa shape index (κ2) is 7.86. The Hall–Kier alpha value is -1.78. The van der Waals surface area contributed by atoms with Crippen LogP contribution < -0.4 is 5.32 Å². The highest BCUT2D eigenvalue weighted by atomic mass is 32.2. The van der Waals surface area contributed by atoms with Crippen LogP contribution in [0.1, 0.15) is 16.7 Å². The van der Waals surface area contributed by atoms with Crippen molar-refractivity contribution in [2.24, 2.45) is 0 Å². The van der Waals surface area contributed by atoms with E-state index >= 15 is 0 Å². The van der Waals surface area contributed by atoms with E-state index in [9.17, 15) is 4.79 Å². The minimum Gasteiger partial charge on any atom is -0.392 e. The number of anilines is 1. The van der Waals surface area contributed by atoms with E-state index in [2.05, 4.69) is 30.4 Å². The lowest BCUT2D eigenvalue weighted by atomic mass is 10.2. The number of aryl methyl sites for hydroxylation is 1. The van der Waals surface area contributed by atoms with Crippen LogP contribution in [-0.4, -0.2) is 16.8 Å². The van der Waals surface area contributed by atoms with Crippen molar-refractivity contribution in [1.82, 2.24) is 0 Å². The Morgan fingerprint density at radius 2 is 1.90 bits per heavy atom. The predicted molar refractivity (Wildman–Crippen MR) is 88.3 cm³/mol. The lowest BCUT2D eigenvalue weighted by Gasteiger charge is -2.06. The molecule has 21 heavy (non-hydrogen) atoms. The molecule has 0 heterocycles. The van der Waals surface area contributed by atoms with E-state index in [1.807, 2.05) is 6.07 Å². The maximum atomic E-state index is 11.8. The smallest absolute Gasteiger partial charge is 0.234 e. The molecule has 0 saturated carbocycles. The van der Waals surface area contributed by atoms with Crippen molar-refractivity contribution in [3.63, 3.8) is 0 Å². The molecule has 0 aliphatic carbocycles. The Morgan fingerprint density at radius 3 is 2.57 bits per heavy atom. The predicted octanol–water partition coefficient (Wildman–Crippen LogP) is 3.36. The monoisotopic (exact) mass is 301 g/mol. The van der Waals surface area contributed by atoms with Crippen molar-refractivity contribution in [2.75, 3.05) is 11.1 Å². The van der Waals surface area contributed by atoms with Crippen LogP contribution in [0.4, 0.5) is 5.69 Å². The van der Waals surface area contributed by atoms with Crippen LogP contribution in [0.3, 0.4) is 0 Å². The molecule has 0 aliphatic heterocycles. The fraction of sp³-hybridized carbons (Fsp3) is 0.235. The van der Waals surface area contributed by atoms with Gasteiger partial charge >= 0.3 is 0 Å². The Balaban J connectivity index is 1.76. The molecule has 0 unspecified atom stereocenters. The Morgan fingerprint density at radius 1 is 1.14 bits per heavy atom. The summed E-state index contributed by atoms with van der Waals surface area (Å²) in [4.78, 5) is 11.8. The number of carbonyl (C=O) groups excluding carboxylic acids is 1. The van der Waals surface area contributed by atoms with Gasteiger partial charge < -0.3 is 10.4 Å². The summed E-state index contributed by atoms with van der Waals surface area (Å²) in [5.74, 6) is 1.25. The third-order valence-corrected chi connectivity index (χ3v) is 4.01. The largest absolute Gasteiger partial charge is 0.392 e. The van der Waals surface area contributed by atoms with E-state index < -0.39 is 0 Å². The molecule has 1 amide bonds. The maximum absolute atomic E-state index is 11.8. The van der Waals surface area contributed by atoms with Crippen molar-refractivity contribution < 1.29 is 9.90 Å². The summed E-state index contributed by atoms with van der Waals surface area (Å²) in [7, 11) is 0. The molecule has 4 heteroatoms. The van der Waals surface area contributed by atoms with Gasteiger partial charge in [0.15, 0.2) is 0 Å². The standard InChI is InChI=1S/C17H19NO2S/c1-13-3-2-4-15(9-13)11-21-12-17(20)18-16-7-5-14(10-19)6-8-16/h2-9,19H,10-12H2,1H3,(H,18,20). The molecule has 2 aromatic rings. The summed E-state index contributed by atoms with van der Waals surface area (Å²) < 4.78 is 0. The molecule has 2 N–H and O–H groups in total. The highest BCUT2D eigenvalue weighted by Gasteiger charge is 2.03. The van der Waals surface area contributed by atoms with E-state index in [-0.39, 0.29) is 12.5 Å². The number of rotatable bonds is 6. The number of hydrogen-bond donors (Lipinski definition) is 2. The first-order valence-electron chi connectivity index (χ1n) is 6.80. The zero-order valence-corrected chi connectivity index (χ0v) is 12.8. The van der Waals surface area contributed by atoms with Crippen LogP contribution in [0.25, 0.3) is 0 Å². The number of carbonyl (C=O) groups is 1. The second-order valence-electron chi connectivity index (χ2n) is 4.89. The fourth-order valence-electron chi connectivity index (χ4n) is 1.95. The van der Waals surface area contributed by atoms with Crippen LogP contribution in [0, 0.1) is 6.92 Å². The zero-order chi connectivity index (χ0) is 15.1. The topological polar surface area (TPSA) is 49.3 Å². The molecule has 0 radical (unpaired) electrons. The molecule has 0 spiro atoms. The number of aliphatic hydroxyl groups excluding tert-OH is 1. The molecule has 0 fully saturated rings. The molecule has 0 atom stereocenters. The summed E-state index contributed by atoms with van der Waals surface area (Å²) in [5.41, 5.74) is 4.07. The third-order valence-electron chi connectivity index (χ3n) is 3.00. The van der Waals surface area contributed by atoms with Crippen molar-refractivity contribution in [3.05, 3.63) is 65.2 Å². The summed E-state index contributed by atoms with van der Waals surface area (Å²) in [6.45, 7) is 2.08. The van der Waals surface area contributed by atoms with Crippen LogP contribution >= 0.6 is 11.8 Å². The molecule has 3 nitrogen and oxygen atoms in total. The molecule has 0 aliphatic rings. The van der Waals surface area contributed by atoms with E-state index in [4.69, 9.17) is 5.11 Å². The first kappa shape index (κ1) is 15.6. The van der Waals surface area contributed by atoms with Crippen molar-refractivity contribution in [3.8, 4) is 0 Å². The summed E-state index contributed by atoms with van der Waals surface area (Å²) in [5, 5.41) is 11.8. The van der Waals surface area contributed by atoms with E-state index in [0.29, 0.717) is 5.75 Å². The van der Waals surface area contributed by atoms with Gasteiger partial charge in [0.05, 0.1) is 12.4 Å². The lowest BCUT2D eigenvalue weighted by molar-refractivity contribution is -0.113. The Kier molecular flexibility index (Phi) is 5.84. The van der Waals surface area contributed by atoms with Gasteiger partial charge in [0.25, 0.3) is 0 Å². The van der Waals surface area contributed by atoms with Gasteiger partial charge in [0.1, 0.15) is 0 Å². The van der Waals surface area contributed by atoms with E-state index in [0.717, 1.165) is 17.0 Å². The molecule has 2 rings (SSSR count). The van der Waals surface area contributed by atoms with Crippen molar-refractivity contribution in [2.45, 2.75) is 19.3 Å². The van der Waals surface area contributed by atoms with E-state index in [1.165, 1.54) is 11.1 Å². The summed E-state index contributed by atoms with van der Waals surface area (Å²) in [6.07, 6.45) is 0. The highest BCUT2D eigenvalue weighted by molar-refractivity contribution is 7.99. The number of thioether (sulfide) groups is 1. The summed E-state index contributed by atoms with van der Waals surface area (Å²) in [6, 6.07) is 15.5. The first-order chi connectivity index (χ1) is 10.2. The second-order valence-corrected chi connectivity index (χ2v) is 5.87. The number of amides is 1. The SMILES string of the molecule is Cc1cccc(CSCC(=O)Nc2ccc(CO)cc2)c1. The van der Waals surface area contributed by atoms with Gasteiger partial charge in [-0.25, -0.2) is 0 Å². The van der Waals surface area contributed by atoms with Gasteiger partial charge in [0.2, 0.25) is 5.91 Å². The Bertz CT molecular complexity index is 596. The van der Waals surface area contributed by atoms with Crippen LogP contribution in [0.15, 0.2) is 48.5 Å². The maximum Gasteiger partial charge on any atom is 0.234 e. The van der Waals surface area contributed by atoms with Crippen LogP contribution in [0.5, 0.6) is 0 Å². The van der Waals surface area contributed by atoms with Gasteiger partial charge in [-0.2, -0.15) is 0 Å². The van der Waals surface area contributed by atoms with Crippen LogP contribution in [-0.2, 0) is 17.2 Å². The molecule has 0 saturated heterocycles. The number of nitrogens with one attached hydrogen (secondary N) is 1. The molecular weight excluding hydrogens is 282 g/mol. The van der Waals surface area contributed by atoms with Gasteiger partial charge in [-0.3, -0.25) is 4.79 Å². The van der Waals surface area contributed by atoms with Gasteiger partial charge in [0, 0.05) is 11.4 Å². The molecule has 0 aromatic heterocycles. The minimum atomic E-state index is -0.00981. The number of hydrogen-bond acceptors (Lipinski definition) is 3. The van der Waals surface area contributed by atoms with Gasteiger partial charge in [-0.1, -0.05) is 42.0 Å². The number of aliphatic hydroxyl groups is 1. The Labute approximate surface area is 129 Å². The van der Waals surface area contributed by atoms with Gasteiger partial charge in [-0.15, -0.1) is 11.8 Å². The van der Waals surface area contributed by atoms with Crippen LogP contribution in [0.2, 0.25) is 0 Å². The molecule has 2 aromatic carbocycles. The first-order valence-corrected chi connectivity index (χ1v) is 7.96. The van der Waals surface area contributed by atoms with E-state index in [1.54, 1.807) is 36.0 Å². The average Bonchev–Trinajstić information content (AvgIpc) is 2.48. The molecule has 0 bridgehead atoms. The zero-order valence-electron chi connectivity index (χ0n) is 12.0. The average molecular weight is 301 g/mol. The normalized spacial score (nSPS) is 10.4.